The molecule has 2 heterocycles. The Bertz CT molecular complexity index is 295. The van der Waals surface area contributed by atoms with Crippen LogP contribution in [0.15, 0.2) is 0 Å². The normalized spacial score (nSPS) is 24.6. The van der Waals surface area contributed by atoms with Gasteiger partial charge in [-0.1, -0.05) is 0 Å². The van der Waals surface area contributed by atoms with E-state index in [0.717, 1.165) is 19.0 Å². The molecule has 124 valence electrons. The Morgan fingerprint density at radius 3 is 2.29 bits per heavy atom. The summed E-state index contributed by atoms with van der Waals surface area (Å²) in [6.07, 6.45) is 0.921. The van der Waals surface area contributed by atoms with Gasteiger partial charge in [0.15, 0.2) is 0 Å². The summed E-state index contributed by atoms with van der Waals surface area (Å²) in [7, 11) is 0. The van der Waals surface area contributed by atoms with Crippen LogP contribution < -0.4 is 5.32 Å². The average Bonchev–Trinajstić information content (AvgIpc) is 2.91. The fourth-order valence-corrected chi connectivity index (χ4v) is 3.46. The minimum Gasteiger partial charge on any atom is -0.307 e. The van der Waals surface area contributed by atoms with Crippen LogP contribution in [0, 0.1) is 5.92 Å². The molecule has 0 amide bonds. The molecule has 21 heavy (non-hydrogen) atoms. The van der Waals surface area contributed by atoms with E-state index in [9.17, 15) is 13.2 Å². The van der Waals surface area contributed by atoms with Gasteiger partial charge in [-0.25, -0.2) is 0 Å². The monoisotopic (exact) mass is 307 g/mol. The topological polar surface area (TPSA) is 18.5 Å². The van der Waals surface area contributed by atoms with Crippen molar-refractivity contribution in [3.8, 4) is 0 Å². The lowest BCUT2D eigenvalue weighted by molar-refractivity contribution is -0.125. The average molecular weight is 307 g/mol. The fourth-order valence-electron chi connectivity index (χ4n) is 3.46. The first kappa shape index (κ1) is 17.0. The van der Waals surface area contributed by atoms with Crippen molar-refractivity contribution >= 4 is 0 Å². The van der Waals surface area contributed by atoms with Crippen molar-refractivity contribution in [2.45, 2.75) is 44.8 Å². The van der Waals surface area contributed by atoms with Crippen molar-refractivity contribution in [3.63, 3.8) is 0 Å². The van der Waals surface area contributed by atoms with Gasteiger partial charge >= 0.3 is 6.18 Å². The molecule has 0 spiro atoms. The summed E-state index contributed by atoms with van der Waals surface area (Å²) in [6, 6.07) is 0.181. The lowest BCUT2D eigenvalue weighted by Gasteiger charge is -2.37. The fraction of sp³-hybridized carbons (Fsp3) is 1.00. The minimum absolute atomic E-state index is 0.181. The zero-order valence-electron chi connectivity index (χ0n) is 13.0. The third-order valence-electron chi connectivity index (χ3n) is 4.75. The largest absolute Gasteiger partial charge is 0.401 e. The molecule has 1 N–H and O–H groups in total. The van der Waals surface area contributed by atoms with E-state index in [4.69, 9.17) is 0 Å². The Labute approximate surface area is 125 Å². The van der Waals surface area contributed by atoms with Gasteiger partial charge in [-0.05, 0) is 64.7 Å². The van der Waals surface area contributed by atoms with Gasteiger partial charge < -0.3 is 10.2 Å². The number of rotatable bonds is 6. The highest BCUT2D eigenvalue weighted by atomic mass is 19.4. The van der Waals surface area contributed by atoms with Gasteiger partial charge in [-0.15, -0.1) is 0 Å². The highest BCUT2D eigenvalue weighted by Gasteiger charge is 2.28. The molecule has 0 aromatic carbocycles. The van der Waals surface area contributed by atoms with Gasteiger partial charge in [0, 0.05) is 19.1 Å². The van der Waals surface area contributed by atoms with Crippen molar-refractivity contribution in [2.24, 2.45) is 5.92 Å². The third kappa shape index (κ3) is 6.12. The van der Waals surface area contributed by atoms with E-state index >= 15 is 0 Å². The molecule has 0 aromatic rings. The van der Waals surface area contributed by atoms with E-state index in [1.807, 2.05) is 6.92 Å². The second kappa shape index (κ2) is 7.79. The van der Waals surface area contributed by atoms with E-state index < -0.39 is 12.7 Å². The summed E-state index contributed by atoms with van der Waals surface area (Å²) in [4.78, 5) is 4.89. The summed E-state index contributed by atoms with van der Waals surface area (Å²) >= 11 is 0. The van der Waals surface area contributed by atoms with Gasteiger partial charge in [0.1, 0.15) is 0 Å². The van der Waals surface area contributed by atoms with Crippen LogP contribution in [0.5, 0.6) is 0 Å². The number of piperidine rings is 1. The first-order chi connectivity index (χ1) is 9.94. The second-order valence-electron chi connectivity index (χ2n) is 6.58. The zero-order valence-corrected chi connectivity index (χ0v) is 13.0. The number of nitrogens with one attached hydrogen (secondary N) is 1. The van der Waals surface area contributed by atoms with Crippen LogP contribution in [0.3, 0.4) is 0 Å². The van der Waals surface area contributed by atoms with E-state index in [1.165, 1.54) is 45.3 Å². The molecule has 0 bridgehead atoms. The zero-order chi connectivity index (χ0) is 15.3. The standard InChI is InChI=1S/C15H28F3N3/c1-13(10-19-12-15(16,17)18)21-8-4-14(5-9-21)11-20-6-2-3-7-20/h13-14,19H,2-12H2,1H3. The van der Waals surface area contributed by atoms with Crippen LogP contribution in [-0.4, -0.2) is 67.8 Å². The molecule has 1 atom stereocenters. The number of likely N-dealkylation sites (tertiary alicyclic amines) is 2. The van der Waals surface area contributed by atoms with E-state index in [2.05, 4.69) is 15.1 Å². The Kier molecular flexibility index (Phi) is 6.32. The van der Waals surface area contributed by atoms with Gasteiger partial charge in [-0.3, -0.25) is 4.90 Å². The molecule has 0 radical (unpaired) electrons. The molecular weight excluding hydrogens is 279 g/mol. The molecule has 1 unspecified atom stereocenters. The number of halogens is 3. The van der Waals surface area contributed by atoms with E-state index in [-0.39, 0.29) is 6.04 Å². The van der Waals surface area contributed by atoms with Crippen LogP contribution >= 0.6 is 0 Å². The number of nitrogens with zero attached hydrogens (tertiary/aromatic N) is 2. The molecule has 2 saturated heterocycles. The maximum absolute atomic E-state index is 12.1. The molecule has 0 aliphatic carbocycles. The molecule has 2 fully saturated rings. The lowest BCUT2D eigenvalue weighted by Crippen LogP contribution is -2.47. The predicted molar refractivity (Wildman–Crippen MR) is 78.4 cm³/mol. The van der Waals surface area contributed by atoms with Crippen LogP contribution in [0.2, 0.25) is 0 Å². The molecular formula is C15H28F3N3. The summed E-state index contributed by atoms with van der Waals surface area (Å²) in [6.45, 7) is 7.30. The highest BCUT2D eigenvalue weighted by Crippen LogP contribution is 2.22. The number of alkyl halides is 3. The van der Waals surface area contributed by atoms with Crippen LogP contribution in [0.25, 0.3) is 0 Å². The third-order valence-corrected chi connectivity index (χ3v) is 4.75. The van der Waals surface area contributed by atoms with Gasteiger partial charge in [0.25, 0.3) is 0 Å². The minimum atomic E-state index is -4.11. The maximum atomic E-state index is 12.1. The van der Waals surface area contributed by atoms with Gasteiger partial charge in [0.05, 0.1) is 6.54 Å². The Hall–Kier alpha value is -0.330. The molecule has 0 saturated carbocycles. The van der Waals surface area contributed by atoms with Crippen LogP contribution in [0.4, 0.5) is 13.2 Å². The van der Waals surface area contributed by atoms with Gasteiger partial charge in [-0.2, -0.15) is 13.2 Å². The van der Waals surface area contributed by atoms with E-state index in [1.54, 1.807) is 0 Å². The van der Waals surface area contributed by atoms with E-state index in [0.29, 0.717) is 6.54 Å². The first-order valence-electron chi connectivity index (χ1n) is 8.18. The number of hydrogen-bond acceptors (Lipinski definition) is 3. The Morgan fingerprint density at radius 2 is 1.71 bits per heavy atom. The highest BCUT2D eigenvalue weighted by molar-refractivity contribution is 4.80. The predicted octanol–water partition coefficient (Wildman–Crippen LogP) is 2.33. The van der Waals surface area contributed by atoms with Crippen molar-refractivity contribution in [1.82, 2.24) is 15.1 Å². The number of hydrogen-bond donors (Lipinski definition) is 1. The summed E-state index contributed by atoms with van der Waals surface area (Å²) in [5.74, 6) is 0.773. The smallest absolute Gasteiger partial charge is 0.307 e. The Balaban J connectivity index is 1.61. The SMILES string of the molecule is CC(CNCC(F)(F)F)N1CCC(CN2CCCC2)CC1. The van der Waals surface area contributed by atoms with Crippen molar-refractivity contribution in [3.05, 3.63) is 0 Å². The quantitative estimate of drug-likeness (QED) is 0.812. The van der Waals surface area contributed by atoms with Crippen LogP contribution in [-0.2, 0) is 0 Å². The summed E-state index contributed by atoms with van der Waals surface area (Å²) in [5, 5.41) is 2.52. The lowest BCUT2D eigenvalue weighted by atomic mass is 9.95. The molecule has 0 aromatic heterocycles. The molecule has 3 nitrogen and oxygen atoms in total. The van der Waals surface area contributed by atoms with Crippen molar-refractivity contribution in [1.29, 1.82) is 0 Å². The first-order valence-corrected chi connectivity index (χ1v) is 8.18. The molecule has 2 rings (SSSR count). The molecule has 6 heteroatoms. The van der Waals surface area contributed by atoms with Gasteiger partial charge in [0.2, 0.25) is 0 Å². The Morgan fingerprint density at radius 1 is 1.10 bits per heavy atom. The van der Waals surface area contributed by atoms with Crippen molar-refractivity contribution < 1.29 is 13.2 Å². The summed E-state index contributed by atoms with van der Waals surface area (Å²) < 4.78 is 36.3. The molecule has 2 aliphatic heterocycles. The van der Waals surface area contributed by atoms with Crippen LogP contribution in [0.1, 0.15) is 32.6 Å². The molecule has 2 aliphatic rings. The summed E-state index contributed by atoms with van der Waals surface area (Å²) in [5.41, 5.74) is 0. The second-order valence-corrected chi connectivity index (χ2v) is 6.58. The van der Waals surface area contributed by atoms with Crippen molar-refractivity contribution in [2.75, 3.05) is 45.8 Å². The maximum Gasteiger partial charge on any atom is 0.401 e.